The molecule has 4 N–H and O–H groups in total. The Bertz CT molecular complexity index is 337. The minimum atomic E-state index is -0.310. The van der Waals surface area contributed by atoms with Gasteiger partial charge in [0.25, 0.3) is 0 Å². The third-order valence-electron chi connectivity index (χ3n) is 5.36. The van der Waals surface area contributed by atoms with Gasteiger partial charge < -0.3 is 16.2 Å². The first kappa shape index (κ1) is 13.8. The lowest BCUT2D eigenvalue weighted by Gasteiger charge is -2.46. The van der Waals surface area contributed by atoms with E-state index in [2.05, 4.69) is 26.1 Å². The molecule has 2 aliphatic rings. The molecule has 2 rings (SSSR count). The lowest BCUT2D eigenvalue weighted by Crippen LogP contribution is -2.53. The number of carbonyl (C=O) groups excluding carboxylic acids is 1. The highest BCUT2D eigenvalue weighted by molar-refractivity contribution is 5.81. The van der Waals surface area contributed by atoms with Gasteiger partial charge >= 0.3 is 0 Å². The van der Waals surface area contributed by atoms with Crippen LogP contribution in [0.25, 0.3) is 0 Å². The molecule has 0 spiro atoms. The van der Waals surface area contributed by atoms with Crippen LogP contribution in [-0.2, 0) is 4.79 Å². The van der Waals surface area contributed by atoms with Crippen LogP contribution in [0.5, 0.6) is 0 Å². The Hall–Kier alpha value is -0.610. The summed E-state index contributed by atoms with van der Waals surface area (Å²) in [5, 5.41) is 12.3. The van der Waals surface area contributed by atoms with E-state index in [1.807, 2.05) is 0 Å². The first-order valence-corrected chi connectivity index (χ1v) is 7.01. The summed E-state index contributed by atoms with van der Waals surface area (Å²) in [5.74, 6) is 0.452. The van der Waals surface area contributed by atoms with E-state index in [0.29, 0.717) is 5.92 Å². The molecule has 104 valence electrons. The number of carbonyl (C=O) groups is 1. The highest BCUT2D eigenvalue weighted by atomic mass is 16.3. The second-order valence-electron chi connectivity index (χ2n) is 6.83. The molecule has 2 aliphatic carbocycles. The van der Waals surface area contributed by atoms with Gasteiger partial charge in [-0.1, -0.05) is 20.8 Å². The Morgan fingerprint density at radius 2 is 2.00 bits per heavy atom. The molecule has 18 heavy (non-hydrogen) atoms. The maximum Gasteiger partial charge on any atom is 0.224 e. The first-order chi connectivity index (χ1) is 8.32. The van der Waals surface area contributed by atoms with E-state index in [1.165, 1.54) is 0 Å². The third-order valence-corrected chi connectivity index (χ3v) is 5.36. The Morgan fingerprint density at radius 3 is 2.50 bits per heavy atom. The van der Waals surface area contributed by atoms with Crippen molar-refractivity contribution in [2.75, 3.05) is 6.61 Å². The smallest absolute Gasteiger partial charge is 0.224 e. The molecule has 0 saturated heterocycles. The highest BCUT2D eigenvalue weighted by Crippen LogP contribution is 2.45. The predicted molar refractivity (Wildman–Crippen MR) is 70.8 cm³/mol. The molecule has 3 unspecified atom stereocenters. The molecule has 0 heterocycles. The predicted octanol–water partition coefficient (Wildman–Crippen LogP) is 1.03. The van der Waals surface area contributed by atoms with Gasteiger partial charge in [0.2, 0.25) is 5.91 Å². The first-order valence-electron chi connectivity index (χ1n) is 7.01. The fourth-order valence-corrected chi connectivity index (χ4v) is 3.14. The second kappa shape index (κ2) is 4.49. The van der Waals surface area contributed by atoms with Gasteiger partial charge in [0.1, 0.15) is 0 Å². The molecule has 0 aromatic heterocycles. The molecule has 0 aromatic carbocycles. The molecule has 1 amide bonds. The monoisotopic (exact) mass is 254 g/mol. The number of hydrogen-bond donors (Lipinski definition) is 3. The minimum absolute atomic E-state index is 0.0105. The molecule has 4 heteroatoms. The summed E-state index contributed by atoms with van der Waals surface area (Å²) in [6, 6.07) is 0.191. The van der Waals surface area contributed by atoms with Crippen molar-refractivity contribution < 1.29 is 9.90 Å². The van der Waals surface area contributed by atoms with Gasteiger partial charge in [-0.3, -0.25) is 4.79 Å². The molecule has 0 radical (unpaired) electrons. The normalized spacial score (nSPS) is 37.1. The van der Waals surface area contributed by atoms with Crippen molar-refractivity contribution in [3.8, 4) is 0 Å². The van der Waals surface area contributed by atoms with Gasteiger partial charge in [-0.2, -0.15) is 0 Å². The van der Waals surface area contributed by atoms with Crippen molar-refractivity contribution in [2.45, 2.75) is 58.0 Å². The number of hydrogen-bond acceptors (Lipinski definition) is 3. The van der Waals surface area contributed by atoms with Crippen LogP contribution in [0.1, 0.15) is 46.5 Å². The zero-order valence-corrected chi connectivity index (χ0v) is 11.7. The van der Waals surface area contributed by atoms with Crippen LogP contribution in [0, 0.1) is 17.3 Å². The number of aliphatic hydroxyl groups excluding tert-OH is 1. The maximum atomic E-state index is 12.4. The summed E-state index contributed by atoms with van der Waals surface area (Å²) < 4.78 is 0. The Labute approximate surface area is 109 Å². The molecule has 2 fully saturated rings. The summed E-state index contributed by atoms with van der Waals surface area (Å²) in [6.07, 6.45) is 3.57. The largest absolute Gasteiger partial charge is 0.394 e. The van der Waals surface area contributed by atoms with Crippen molar-refractivity contribution in [1.29, 1.82) is 0 Å². The van der Waals surface area contributed by atoms with Crippen LogP contribution in [-0.4, -0.2) is 29.2 Å². The lowest BCUT2D eigenvalue weighted by molar-refractivity contribution is -0.133. The molecule has 0 aliphatic heterocycles. The average Bonchev–Trinajstić information content (AvgIpc) is 3.06. The second-order valence-corrected chi connectivity index (χ2v) is 6.83. The van der Waals surface area contributed by atoms with E-state index >= 15 is 0 Å². The van der Waals surface area contributed by atoms with E-state index < -0.39 is 0 Å². The topological polar surface area (TPSA) is 75.4 Å². The van der Waals surface area contributed by atoms with Gasteiger partial charge in [-0.15, -0.1) is 0 Å². The number of rotatable bonds is 3. The summed E-state index contributed by atoms with van der Waals surface area (Å²) in [4.78, 5) is 12.4. The molecule has 0 bridgehead atoms. The van der Waals surface area contributed by atoms with Crippen LogP contribution in [0.4, 0.5) is 0 Å². The summed E-state index contributed by atoms with van der Waals surface area (Å²) in [7, 11) is 0. The van der Waals surface area contributed by atoms with Gasteiger partial charge in [-0.25, -0.2) is 0 Å². The van der Waals surface area contributed by atoms with E-state index in [4.69, 9.17) is 5.73 Å². The van der Waals surface area contributed by atoms with Gasteiger partial charge in [-0.05, 0) is 37.0 Å². The van der Waals surface area contributed by atoms with Crippen molar-refractivity contribution in [2.24, 2.45) is 23.0 Å². The molecule has 2 saturated carbocycles. The standard InChI is InChI=1S/C14H26N2O2/c1-9-11(15)5-4-10(13(9,2)3)12(18)16-14(8-17)6-7-14/h9-11,17H,4-8,15H2,1-3H3,(H,16,18). The van der Waals surface area contributed by atoms with Gasteiger partial charge in [0, 0.05) is 12.0 Å². The fraction of sp³-hybridized carbons (Fsp3) is 0.929. The van der Waals surface area contributed by atoms with E-state index in [1.54, 1.807) is 0 Å². The molecule has 3 atom stereocenters. The van der Waals surface area contributed by atoms with Crippen LogP contribution in [0.2, 0.25) is 0 Å². The van der Waals surface area contributed by atoms with Crippen LogP contribution in [0.15, 0.2) is 0 Å². The third kappa shape index (κ3) is 2.28. The van der Waals surface area contributed by atoms with Crippen LogP contribution >= 0.6 is 0 Å². The Morgan fingerprint density at radius 1 is 1.39 bits per heavy atom. The minimum Gasteiger partial charge on any atom is -0.394 e. The lowest BCUT2D eigenvalue weighted by atomic mass is 9.61. The summed E-state index contributed by atoms with van der Waals surface area (Å²) in [5.41, 5.74) is 5.72. The quantitative estimate of drug-likeness (QED) is 0.704. The van der Waals surface area contributed by atoms with Gasteiger partial charge in [0.15, 0.2) is 0 Å². The van der Waals surface area contributed by atoms with Gasteiger partial charge in [0.05, 0.1) is 12.1 Å². The Balaban J connectivity index is 2.06. The maximum absolute atomic E-state index is 12.4. The summed E-state index contributed by atoms with van der Waals surface area (Å²) >= 11 is 0. The van der Waals surface area contributed by atoms with Crippen molar-refractivity contribution in [3.05, 3.63) is 0 Å². The van der Waals surface area contributed by atoms with E-state index in [-0.39, 0.29) is 35.4 Å². The van der Waals surface area contributed by atoms with Crippen LogP contribution in [0.3, 0.4) is 0 Å². The summed E-state index contributed by atoms with van der Waals surface area (Å²) in [6.45, 7) is 6.48. The molecular weight excluding hydrogens is 228 g/mol. The van der Waals surface area contributed by atoms with Crippen LogP contribution < -0.4 is 11.1 Å². The molecule has 4 nitrogen and oxygen atoms in total. The van der Waals surface area contributed by atoms with E-state index in [0.717, 1.165) is 25.7 Å². The molecule has 0 aromatic rings. The van der Waals surface area contributed by atoms with E-state index in [9.17, 15) is 9.90 Å². The zero-order chi connectivity index (χ0) is 13.6. The highest BCUT2D eigenvalue weighted by Gasteiger charge is 2.49. The van der Waals surface area contributed by atoms with Crippen molar-refractivity contribution >= 4 is 5.91 Å². The fourth-order valence-electron chi connectivity index (χ4n) is 3.14. The number of nitrogens with two attached hydrogens (primary N) is 1. The average molecular weight is 254 g/mol. The number of amides is 1. The van der Waals surface area contributed by atoms with Crippen molar-refractivity contribution in [1.82, 2.24) is 5.32 Å². The Kier molecular flexibility index (Phi) is 3.45. The molecular formula is C14H26N2O2. The number of aliphatic hydroxyl groups is 1. The number of nitrogens with one attached hydrogen (secondary N) is 1. The van der Waals surface area contributed by atoms with Crippen molar-refractivity contribution in [3.63, 3.8) is 0 Å². The zero-order valence-electron chi connectivity index (χ0n) is 11.7. The SMILES string of the molecule is CC1C(N)CCC(C(=O)NC2(CO)CC2)C1(C)C.